The number of carbonyl (C=O) groups excluding carboxylic acids is 1. The Morgan fingerprint density at radius 1 is 1.14 bits per heavy atom. The molecule has 0 aliphatic rings. The van der Waals surface area contributed by atoms with E-state index in [9.17, 15) is 4.79 Å². The molecule has 1 aromatic carbocycles. The molecule has 22 heavy (non-hydrogen) atoms. The zero-order valence-corrected chi connectivity index (χ0v) is 12.8. The Labute approximate surface area is 130 Å². The number of rotatable bonds is 8. The third-order valence-electron chi connectivity index (χ3n) is 3.19. The summed E-state index contributed by atoms with van der Waals surface area (Å²) >= 11 is 0. The van der Waals surface area contributed by atoms with E-state index in [-0.39, 0.29) is 5.91 Å². The minimum Gasteiger partial charge on any atom is -0.370 e. The van der Waals surface area contributed by atoms with Gasteiger partial charge in [-0.15, -0.1) is 5.06 Å². The van der Waals surface area contributed by atoms with E-state index < -0.39 is 0 Å². The van der Waals surface area contributed by atoms with Gasteiger partial charge in [0.2, 0.25) is 0 Å². The molecular weight excluding hydrogens is 278 g/mol. The number of anilines is 1. The summed E-state index contributed by atoms with van der Waals surface area (Å²) in [7, 11) is 0. The number of aromatic nitrogens is 2. The first-order chi connectivity index (χ1) is 10.8. The van der Waals surface area contributed by atoms with Gasteiger partial charge < -0.3 is 4.84 Å². The van der Waals surface area contributed by atoms with Crippen molar-refractivity contribution in [1.29, 1.82) is 0 Å². The first kappa shape index (κ1) is 15.9. The Hall–Kier alpha value is -2.43. The average Bonchev–Trinajstić information content (AvgIpc) is 2.58. The lowest BCUT2D eigenvalue weighted by Gasteiger charge is -2.21. The van der Waals surface area contributed by atoms with E-state index in [0.717, 1.165) is 25.7 Å². The Balaban J connectivity index is 2.06. The van der Waals surface area contributed by atoms with Crippen LogP contribution in [-0.4, -0.2) is 15.9 Å². The lowest BCUT2D eigenvalue weighted by Crippen LogP contribution is -2.34. The van der Waals surface area contributed by atoms with Gasteiger partial charge >= 0.3 is 0 Å². The van der Waals surface area contributed by atoms with E-state index in [4.69, 9.17) is 4.84 Å². The summed E-state index contributed by atoms with van der Waals surface area (Å²) in [5.41, 5.74) is 0. The number of para-hydroxylation sites is 1. The molecule has 0 fully saturated rings. The Bertz CT molecular complexity index is 561. The number of hydrogen-bond acceptors (Lipinski definition) is 4. The van der Waals surface area contributed by atoms with E-state index in [1.807, 2.05) is 18.2 Å². The van der Waals surface area contributed by atoms with Crippen LogP contribution >= 0.6 is 0 Å². The van der Waals surface area contributed by atoms with Gasteiger partial charge in [-0.05, 0) is 18.6 Å². The van der Waals surface area contributed by atoms with E-state index in [1.54, 1.807) is 24.4 Å². The van der Waals surface area contributed by atoms with Crippen molar-refractivity contribution in [3.8, 4) is 5.75 Å². The monoisotopic (exact) mass is 299 g/mol. The maximum atomic E-state index is 12.5. The zero-order chi connectivity index (χ0) is 15.6. The molecule has 0 N–H and O–H groups in total. The quantitative estimate of drug-likeness (QED) is 0.550. The normalized spacial score (nSPS) is 10.2. The van der Waals surface area contributed by atoms with Crippen LogP contribution in [0.4, 0.5) is 5.82 Å². The predicted octanol–water partition coefficient (Wildman–Crippen LogP) is 3.77. The lowest BCUT2D eigenvalue weighted by molar-refractivity contribution is -0.122. The van der Waals surface area contributed by atoms with E-state index in [0.29, 0.717) is 18.0 Å². The van der Waals surface area contributed by atoms with Gasteiger partial charge in [-0.25, -0.2) is 9.97 Å². The first-order valence-corrected chi connectivity index (χ1v) is 7.63. The summed E-state index contributed by atoms with van der Waals surface area (Å²) in [5, 5.41) is 1.25. The smallest absolute Gasteiger partial charge is 0.261 e. The number of amides is 1. The van der Waals surface area contributed by atoms with Gasteiger partial charge in [-0.2, -0.15) is 0 Å². The summed E-state index contributed by atoms with van der Waals surface area (Å²) in [6, 6.07) is 10.9. The molecule has 0 aliphatic carbocycles. The molecule has 0 atom stereocenters. The summed E-state index contributed by atoms with van der Waals surface area (Å²) in [5.74, 6) is 0.945. The van der Waals surface area contributed by atoms with Gasteiger partial charge in [-0.1, -0.05) is 44.4 Å². The maximum Gasteiger partial charge on any atom is 0.261 e. The van der Waals surface area contributed by atoms with E-state index in [2.05, 4.69) is 16.9 Å². The van der Waals surface area contributed by atoms with Crippen molar-refractivity contribution in [2.24, 2.45) is 0 Å². The second-order valence-electron chi connectivity index (χ2n) is 4.97. The largest absolute Gasteiger partial charge is 0.370 e. The fourth-order valence-electron chi connectivity index (χ4n) is 2.02. The highest BCUT2D eigenvalue weighted by Crippen LogP contribution is 2.17. The van der Waals surface area contributed by atoms with Crippen LogP contribution in [0.1, 0.15) is 39.0 Å². The van der Waals surface area contributed by atoms with Crippen LogP contribution < -0.4 is 9.90 Å². The Morgan fingerprint density at radius 2 is 1.95 bits per heavy atom. The number of unbranched alkanes of at least 4 members (excludes halogenated alkanes) is 3. The number of carbonyl (C=O) groups is 1. The molecule has 0 spiro atoms. The Kier molecular flexibility index (Phi) is 6.36. The third-order valence-corrected chi connectivity index (χ3v) is 3.19. The molecule has 0 bridgehead atoms. The average molecular weight is 299 g/mol. The zero-order valence-electron chi connectivity index (χ0n) is 12.8. The van der Waals surface area contributed by atoms with E-state index >= 15 is 0 Å². The van der Waals surface area contributed by atoms with Crippen LogP contribution in [0.2, 0.25) is 0 Å². The van der Waals surface area contributed by atoms with Crippen molar-refractivity contribution in [3.63, 3.8) is 0 Å². The molecule has 5 nitrogen and oxygen atoms in total. The highest BCUT2D eigenvalue weighted by atomic mass is 16.7. The van der Waals surface area contributed by atoms with Crippen LogP contribution in [0.15, 0.2) is 48.9 Å². The number of nitrogens with zero attached hydrogens (tertiary/aromatic N) is 3. The van der Waals surface area contributed by atoms with E-state index in [1.165, 1.54) is 11.4 Å². The Morgan fingerprint density at radius 3 is 2.64 bits per heavy atom. The van der Waals surface area contributed by atoms with Gasteiger partial charge in [0, 0.05) is 18.7 Å². The molecule has 1 amide bonds. The molecule has 2 aromatic rings. The van der Waals surface area contributed by atoms with Gasteiger partial charge in [0.05, 0.1) is 0 Å². The van der Waals surface area contributed by atoms with Crippen molar-refractivity contribution >= 4 is 11.7 Å². The second-order valence-corrected chi connectivity index (χ2v) is 4.97. The number of benzene rings is 1. The maximum absolute atomic E-state index is 12.5. The predicted molar refractivity (Wildman–Crippen MR) is 85.3 cm³/mol. The van der Waals surface area contributed by atoms with Gasteiger partial charge in [0.25, 0.3) is 5.91 Å². The second kappa shape index (κ2) is 8.77. The molecule has 1 heterocycles. The molecule has 0 saturated carbocycles. The van der Waals surface area contributed by atoms with Crippen molar-refractivity contribution in [2.45, 2.75) is 39.0 Å². The third kappa shape index (κ3) is 4.84. The minimum atomic E-state index is -0.0985. The molecular formula is C17H21N3O2. The summed E-state index contributed by atoms with van der Waals surface area (Å²) < 4.78 is 0. The summed E-state index contributed by atoms with van der Waals surface area (Å²) in [6.45, 7) is 2.15. The fraction of sp³-hybridized carbons (Fsp3) is 0.353. The van der Waals surface area contributed by atoms with Crippen molar-refractivity contribution in [1.82, 2.24) is 9.97 Å². The molecule has 0 radical (unpaired) electrons. The van der Waals surface area contributed by atoms with Crippen LogP contribution in [-0.2, 0) is 4.79 Å². The lowest BCUT2D eigenvalue weighted by atomic mass is 10.1. The molecule has 2 rings (SSSR count). The summed E-state index contributed by atoms with van der Waals surface area (Å²) in [6.07, 6.45) is 7.62. The standard InChI is InChI=1S/C17H21N3O2/c1-2-3-4-8-11-17(21)20(16-12-13-18-14-19-16)22-15-9-6-5-7-10-15/h5-7,9-10,12-14H,2-4,8,11H2,1H3. The molecule has 1 aromatic heterocycles. The topological polar surface area (TPSA) is 55.3 Å². The van der Waals surface area contributed by atoms with Crippen LogP contribution in [0.25, 0.3) is 0 Å². The highest BCUT2D eigenvalue weighted by Gasteiger charge is 2.19. The van der Waals surface area contributed by atoms with Gasteiger partial charge in [0.1, 0.15) is 6.33 Å². The van der Waals surface area contributed by atoms with Gasteiger partial charge in [0.15, 0.2) is 11.6 Å². The van der Waals surface area contributed by atoms with Crippen molar-refractivity contribution < 1.29 is 9.63 Å². The van der Waals surface area contributed by atoms with Crippen LogP contribution in [0.3, 0.4) is 0 Å². The van der Waals surface area contributed by atoms with Gasteiger partial charge in [-0.3, -0.25) is 4.79 Å². The van der Waals surface area contributed by atoms with Crippen molar-refractivity contribution in [2.75, 3.05) is 5.06 Å². The van der Waals surface area contributed by atoms with Crippen LogP contribution in [0.5, 0.6) is 5.75 Å². The molecule has 0 saturated heterocycles. The number of hydrogen-bond donors (Lipinski definition) is 0. The summed E-state index contributed by atoms with van der Waals surface area (Å²) in [4.78, 5) is 26.2. The fourth-order valence-corrected chi connectivity index (χ4v) is 2.02. The molecule has 116 valence electrons. The number of hydroxylamine groups is 1. The first-order valence-electron chi connectivity index (χ1n) is 7.63. The highest BCUT2D eigenvalue weighted by molar-refractivity contribution is 5.90. The van der Waals surface area contributed by atoms with Crippen molar-refractivity contribution in [3.05, 3.63) is 48.9 Å². The minimum absolute atomic E-state index is 0.0985. The molecule has 0 unspecified atom stereocenters. The SMILES string of the molecule is CCCCCCC(=O)N(Oc1ccccc1)c1ccncn1. The molecule has 5 heteroatoms. The molecule has 0 aliphatic heterocycles. The van der Waals surface area contributed by atoms with Crippen LogP contribution in [0, 0.1) is 0 Å².